The van der Waals surface area contributed by atoms with E-state index < -0.39 is 5.41 Å². The molecule has 0 aromatic carbocycles. The van der Waals surface area contributed by atoms with Crippen LogP contribution < -0.4 is 5.32 Å². The molecule has 0 unspecified atom stereocenters. The molecule has 5 heteroatoms. The van der Waals surface area contributed by atoms with Crippen LogP contribution in [0.5, 0.6) is 0 Å². The summed E-state index contributed by atoms with van der Waals surface area (Å²) in [5.41, 5.74) is 0.0614. The summed E-state index contributed by atoms with van der Waals surface area (Å²) < 4.78 is 0. The van der Waals surface area contributed by atoms with Crippen LogP contribution in [-0.4, -0.2) is 10.9 Å². The van der Waals surface area contributed by atoms with Crippen molar-refractivity contribution in [2.45, 2.75) is 47.0 Å². The maximum absolute atomic E-state index is 11.9. The maximum atomic E-state index is 11.9. The summed E-state index contributed by atoms with van der Waals surface area (Å²) in [7, 11) is 0. The van der Waals surface area contributed by atoms with Gasteiger partial charge in [-0.25, -0.2) is 4.98 Å². The smallest absolute Gasteiger partial charge is 0.231 e. The molecule has 0 saturated heterocycles. The Balaban J connectivity index is 3.05. The van der Waals surface area contributed by atoms with E-state index in [0.717, 1.165) is 5.69 Å². The van der Waals surface area contributed by atoms with E-state index in [2.05, 4.69) is 16.4 Å². The molecule has 0 radical (unpaired) electrons. The average molecular weight is 265 g/mol. The van der Waals surface area contributed by atoms with E-state index in [4.69, 9.17) is 5.26 Å². The Morgan fingerprint density at radius 1 is 1.28 bits per heavy atom. The second-order valence-corrected chi connectivity index (χ2v) is 7.26. The lowest BCUT2D eigenvalue weighted by Gasteiger charge is -2.17. The fraction of sp³-hybridized carbons (Fsp3) is 0.615. The molecule has 1 N–H and O–H groups in total. The molecule has 1 aromatic rings. The minimum absolute atomic E-state index is 0.0961. The zero-order chi connectivity index (χ0) is 14.1. The Kier molecular flexibility index (Phi) is 3.82. The fourth-order valence-corrected chi connectivity index (χ4v) is 2.21. The van der Waals surface area contributed by atoms with Crippen molar-refractivity contribution in [1.82, 2.24) is 4.98 Å². The molecule has 0 aliphatic heterocycles. The normalized spacial score (nSPS) is 12.1. The topological polar surface area (TPSA) is 65.8 Å². The molecule has 1 amide bonds. The van der Waals surface area contributed by atoms with Crippen LogP contribution in [0.25, 0.3) is 0 Å². The first-order valence-electron chi connectivity index (χ1n) is 5.78. The van der Waals surface area contributed by atoms with Crippen LogP contribution in [0.4, 0.5) is 5.13 Å². The lowest BCUT2D eigenvalue weighted by molar-refractivity contribution is -0.123. The van der Waals surface area contributed by atoms with Crippen molar-refractivity contribution >= 4 is 22.4 Å². The minimum atomic E-state index is -0.472. The predicted molar refractivity (Wildman–Crippen MR) is 73.6 cm³/mol. The van der Waals surface area contributed by atoms with Gasteiger partial charge in [0.25, 0.3) is 0 Å². The molecule has 0 bridgehead atoms. The van der Waals surface area contributed by atoms with Gasteiger partial charge < -0.3 is 5.32 Å². The lowest BCUT2D eigenvalue weighted by Crippen LogP contribution is -2.27. The van der Waals surface area contributed by atoms with Crippen molar-refractivity contribution < 1.29 is 4.79 Å². The van der Waals surface area contributed by atoms with Crippen molar-refractivity contribution in [2.75, 3.05) is 5.32 Å². The summed E-state index contributed by atoms with van der Waals surface area (Å²) >= 11 is 1.23. The number of nitrogens with zero attached hydrogens (tertiary/aromatic N) is 2. The van der Waals surface area contributed by atoms with Gasteiger partial charge in [-0.15, -0.1) is 0 Å². The summed E-state index contributed by atoms with van der Waals surface area (Å²) in [6.45, 7) is 11.5. The van der Waals surface area contributed by atoms with E-state index >= 15 is 0 Å². The Labute approximate surface area is 112 Å². The maximum Gasteiger partial charge on any atom is 0.231 e. The van der Waals surface area contributed by atoms with E-state index in [9.17, 15) is 4.79 Å². The predicted octanol–water partition coefficient (Wildman–Crippen LogP) is 3.30. The number of nitriles is 1. The first-order chi connectivity index (χ1) is 8.05. The number of anilines is 1. The quantitative estimate of drug-likeness (QED) is 0.847. The number of aromatic nitrogens is 1. The van der Waals surface area contributed by atoms with Crippen molar-refractivity contribution in [1.29, 1.82) is 5.26 Å². The van der Waals surface area contributed by atoms with Gasteiger partial charge >= 0.3 is 0 Å². The summed E-state index contributed by atoms with van der Waals surface area (Å²) in [6, 6.07) is 2.14. The highest BCUT2D eigenvalue weighted by atomic mass is 32.1. The van der Waals surface area contributed by atoms with Crippen LogP contribution in [-0.2, 0) is 10.2 Å². The van der Waals surface area contributed by atoms with Crippen LogP contribution in [0.15, 0.2) is 0 Å². The van der Waals surface area contributed by atoms with Gasteiger partial charge in [0.1, 0.15) is 10.9 Å². The molecule has 1 aromatic heterocycles. The van der Waals surface area contributed by atoms with Gasteiger partial charge in [0.2, 0.25) is 5.91 Å². The number of rotatable bonds is 1. The van der Waals surface area contributed by atoms with Gasteiger partial charge in [0, 0.05) is 10.8 Å². The first kappa shape index (κ1) is 14.7. The summed E-state index contributed by atoms with van der Waals surface area (Å²) in [4.78, 5) is 16.8. The zero-order valence-corrected chi connectivity index (χ0v) is 12.5. The Hall–Kier alpha value is -1.41. The number of carbonyl (C=O) groups excluding carboxylic acids is 1. The highest BCUT2D eigenvalue weighted by Gasteiger charge is 2.26. The number of carbonyl (C=O) groups is 1. The second-order valence-electron chi connectivity index (χ2n) is 6.26. The van der Waals surface area contributed by atoms with Crippen LogP contribution in [0.2, 0.25) is 0 Å². The van der Waals surface area contributed by atoms with Gasteiger partial charge in [-0.2, -0.15) is 5.26 Å². The number of nitrogens with one attached hydrogen (secondary N) is 1. The van der Waals surface area contributed by atoms with Gasteiger partial charge in [-0.05, 0) is 0 Å². The third-order valence-corrected chi connectivity index (χ3v) is 3.22. The average Bonchev–Trinajstić information content (AvgIpc) is 2.59. The number of hydrogen-bond donors (Lipinski definition) is 1. The van der Waals surface area contributed by atoms with E-state index in [1.54, 1.807) is 0 Å². The van der Waals surface area contributed by atoms with Crippen molar-refractivity contribution in [3.8, 4) is 6.07 Å². The van der Waals surface area contributed by atoms with E-state index in [1.165, 1.54) is 11.3 Å². The van der Waals surface area contributed by atoms with Crippen LogP contribution >= 0.6 is 11.3 Å². The number of thiazole rings is 1. The molecular weight excluding hydrogens is 246 g/mol. The van der Waals surface area contributed by atoms with E-state index in [0.29, 0.717) is 10.0 Å². The molecule has 98 valence electrons. The Morgan fingerprint density at radius 3 is 2.17 bits per heavy atom. The zero-order valence-electron chi connectivity index (χ0n) is 11.7. The molecule has 18 heavy (non-hydrogen) atoms. The summed E-state index contributed by atoms with van der Waals surface area (Å²) in [6.07, 6.45) is 0. The molecule has 1 heterocycles. The molecule has 4 nitrogen and oxygen atoms in total. The number of amides is 1. The molecule has 0 saturated carbocycles. The molecule has 1 rings (SSSR count). The van der Waals surface area contributed by atoms with Gasteiger partial charge in [0.15, 0.2) is 5.13 Å². The molecule has 0 aliphatic carbocycles. The van der Waals surface area contributed by atoms with Gasteiger partial charge in [-0.3, -0.25) is 4.79 Å². The largest absolute Gasteiger partial charge is 0.301 e. The standard InChI is InChI=1S/C13H19N3OS/c1-12(2,3)9-8(7-14)18-11(15-9)16-10(17)13(4,5)6/h1-6H3,(H,15,16,17). The molecule has 0 aliphatic rings. The van der Waals surface area contributed by atoms with Gasteiger partial charge in [-0.1, -0.05) is 52.9 Å². The highest BCUT2D eigenvalue weighted by molar-refractivity contribution is 7.16. The third kappa shape index (κ3) is 3.30. The molecule has 0 fully saturated rings. The van der Waals surface area contributed by atoms with Crippen LogP contribution in [0.3, 0.4) is 0 Å². The molecular formula is C13H19N3OS. The SMILES string of the molecule is CC(C)(C)C(=O)Nc1nc(C(C)(C)C)c(C#N)s1. The number of hydrogen-bond acceptors (Lipinski definition) is 4. The van der Waals surface area contributed by atoms with Crippen LogP contribution in [0.1, 0.15) is 52.1 Å². The summed E-state index contributed by atoms with van der Waals surface area (Å²) in [5, 5.41) is 12.4. The van der Waals surface area contributed by atoms with Crippen molar-refractivity contribution in [3.05, 3.63) is 10.6 Å². The van der Waals surface area contributed by atoms with Crippen LogP contribution in [0, 0.1) is 16.7 Å². The highest BCUT2D eigenvalue weighted by Crippen LogP contribution is 2.32. The molecule has 0 spiro atoms. The Morgan fingerprint density at radius 2 is 1.83 bits per heavy atom. The van der Waals surface area contributed by atoms with Crippen molar-refractivity contribution in [3.63, 3.8) is 0 Å². The van der Waals surface area contributed by atoms with E-state index in [-0.39, 0.29) is 11.3 Å². The van der Waals surface area contributed by atoms with Gasteiger partial charge in [0.05, 0.1) is 5.69 Å². The Bertz CT molecular complexity index is 498. The lowest BCUT2D eigenvalue weighted by atomic mass is 9.91. The third-order valence-electron chi connectivity index (χ3n) is 2.34. The van der Waals surface area contributed by atoms with E-state index in [1.807, 2.05) is 41.5 Å². The second kappa shape index (κ2) is 4.69. The first-order valence-corrected chi connectivity index (χ1v) is 6.60. The minimum Gasteiger partial charge on any atom is -0.301 e. The fourth-order valence-electron chi connectivity index (χ4n) is 1.24. The molecule has 0 atom stereocenters. The van der Waals surface area contributed by atoms with Crippen molar-refractivity contribution in [2.24, 2.45) is 5.41 Å². The summed E-state index contributed by atoms with van der Waals surface area (Å²) in [5.74, 6) is -0.0961. The monoisotopic (exact) mass is 265 g/mol.